The highest BCUT2D eigenvalue weighted by molar-refractivity contribution is 7.45. The first kappa shape index (κ1) is 32.9. The SMILES string of the molecule is CCCCCCCCC=CCCCCCCCCNCCN(CC)CC.O=P(O)(O)O. The van der Waals surface area contributed by atoms with Crippen LogP contribution in [-0.4, -0.2) is 52.3 Å². The summed E-state index contributed by atoms with van der Waals surface area (Å²) in [5.74, 6) is 0. The Balaban J connectivity index is 0. The summed E-state index contributed by atoms with van der Waals surface area (Å²) in [6.07, 6.45) is 24.3. The summed E-state index contributed by atoms with van der Waals surface area (Å²) in [7, 11) is -4.64. The Hall–Kier alpha value is -0.230. The molecule has 0 spiro atoms. The lowest BCUT2D eigenvalue weighted by Crippen LogP contribution is -2.32. The highest BCUT2D eigenvalue weighted by Crippen LogP contribution is 2.25. The van der Waals surface area contributed by atoms with Gasteiger partial charge in [-0.05, 0) is 51.7 Å². The van der Waals surface area contributed by atoms with Gasteiger partial charge in [0.05, 0.1) is 0 Å². The molecule has 31 heavy (non-hydrogen) atoms. The Bertz CT molecular complexity index is 404. The summed E-state index contributed by atoms with van der Waals surface area (Å²) < 4.78 is 8.88. The maximum absolute atomic E-state index is 8.88. The molecule has 0 atom stereocenters. The number of phosphoric acid groups is 1. The molecule has 0 saturated heterocycles. The number of nitrogens with one attached hydrogen (secondary N) is 1. The van der Waals surface area contributed by atoms with Crippen LogP contribution in [0.3, 0.4) is 0 Å². The molecule has 0 rings (SSSR count). The number of rotatable bonds is 21. The quantitative estimate of drug-likeness (QED) is 0.0942. The molecule has 0 aliphatic carbocycles. The highest BCUT2D eigenvalue weighted by atomic mass is 31.2. The second kappa shape index (κ2) is 26.0. The minimum absolute atomic E-state index is 1.15. The Labute approximate surface area is 193 Å². The third-order valence-electron chi connectivity index (χ3n) is 5.36. The van der Waals surface area contributed by atoms with Crippen molar-refractivity contribution < 1.29 is 19.2 Å². The van der Waals surface area contributed by atoms with Crippen LogP contribution in [0.1, 0.15) is 111 Å². The molecular weight excluding hydrogens is 411 g/mol. The molecule has 0 aromatic carbocycles. The second-order valence-electron chi connectivity index (χ2n) is 8.23. The highest BCUT2D eigenvalue weighted by Gasteiger charge is 2.00. The lowest BCUT2D eigenvalue weighted by Gasteiger charge is -2.17. The van der Waals surface area contributed by atoms with Crippen LogP contribution in [0, 0.1) is 0 Å². The van der Waals surface area contributed by atoms with Crippen LogP contribution in [0.15, 0.2) is 12.2 Å². The van der Waals surface area contributed by atoms with E-state index in [1.165, 1.54) is 116 Å². The number of likely N-dealkylation sites (N-methyl/N-ethyl adjacent to an activating group) is 1. The maximum atomic E-state index is 8.88. The molecule has 0 amide bonds. The van der Waals surface area contributed by atoms with E-state index in [1.807, 2.05) is 0 Å². The lowest BCUT2D eigenvalue weighted by molar-refractivity contribution is 0.275. The first-order valence-corrected chi connectivity index (χ1v) is 14.3. The van der Waals surface area contributed by atoms with E-state index in [0.29, 0.717) is 0 Å². The number of unbranched alkanes of at least 4 members (excludes halogenated alkanes) is 12. The van der Waals surface area contributed by atoms with Gasteiger partial charge in [0.15, 0.2) is 0 Å². The number of hydrogen-bond acceptors (Lipinski definition) is 3. The first-order chi connectivity index (χ1) is 14.8. The van der Waals surface area contributed by atoms with Crippen molar-refractivity contribution in [2.24, 2.45) is 0 Å². The van der Waals surface area contributed by atoms with Gasteiger partial charge in [-0.1, -0.05) is 90.7 Å². The molecule has 0 saturated carbocycles. The molecule has 0 radical (unpaired) electrons. The van der Waals surface area contributed by atoms with Gasteiger partial charge in [0, 0.05) is 13.1 Å². The monoisotopic (exact) mass is 464 g/mol. The van der Waals surface area contributed by atoms with E-state index < -0.39 is 7.82 Å². The predicted molar refractivity (Wildman–Crippen MR) is 134 cm³/mol. The summed E-state index contributed by atoms with van der Waals surface area (Å²) in [4.78, 5) is 24.0. The zero-order valence-corrected chi connectivity index (χ0v) is 21.6. The molecule has 188 valence electrons. The van der Waals surface area contributed by atoms with Gasteiger partial charge in [0.25, 0.3) is 0 Å². The summed E-state index contributed by atoms with van der Waals surface area (Å²) >= 11 is 0. The fourth-order valence-electron chi connectivity index (χ4n) is 3.40. The predicted octanol–water partition coefficient (Wildman–Crippen LogP) is 6.03. The third-order valence-corrected chi connectivity index (χ3v) is 5.36. The van der Waals surface area contributed by atoms with Crippen molar-refractivity contribution >= 4 is 7.82 Å². The van der Waals surface area contributed by atoms with E-state index >= 15 is 0 Å². The van der Waals surface area contributed by atoms with Crippen LogP contribution in [-0.2, 0) is 4.57 Å². The zero-order chi connectivity index (χ0) is 23.6. The number of allylic oxidation sites excluding steroid dienone is 2. The van der Waals surface area contributed by atoms with Crippen LogP contribution < -0.4 is 5.32 Å². The molecule has 4 N–H and O–H groups in total. The summed E-state index contributed by atoms with van der Waals surface area (Å²) in [6, 6.07) is 0. The fourth-order valence-corrected chi connectivity index (χ4v) is 3.40. The summed E-state index contributed by atoms with van der Waals surface area (Å²) in [5.41, 5.74) is 0. The van der Waals surface area contributed by atoms with Crippen molar-refractivity contribution in [2.75, 3.05) is 32.7 Å². The molecule has 0 heterocycles. The van der Waals surface area contributed by atoms with Gasteiger partial charge in [-0.15, -0.1) is 0 Å². The van der Waals surface area contributed by atoms with Gasteiger partial charge < -0.3 is 24.9 Å². The first-order valence-electron chi connectivity index (χ1n) is 12.7. The molecule has 0 aliphatic heterocycles. The molecular formula is C24H53N2O4P. The molecule has 0 unspecified atom stereocenters. The second-order valence-corrected chi connectivity index (χ2v) is 9.25. The molecule has 0 aromatic rings. The van der Waals surface area contributed by atoms with Crippen LogP contribution in [0.5, 0.6) is 0 Å². The van der Waals surface area contributed by atoms with Gasteiger partial charge in [-0.3, -0.25) is 0 Å². The standard InChI is InChI=1S/C24H50N2.H3O4P/c1-4-7-8-9-10-11-12-13-14-15-16-17-18-19-20-21-22-25-23-24-26(5-2)6-3;1-5(2,3)4/h13-14,25H,4-12,15-24H2,1-3H3;(H3,1,2,3,4). The van der Waals surface area contributed by atoms with Crippen molar-refractivity contribution in [1.29, 1.82) is 0 Å². The topological polar surface area (TPSA) is 93.0 Å². The maximum Gasteiger partial charge on any atom is 0.466 e. The smallest absolute Gasteiger partial charge is 0.315 e. The van der Waals surface area contributed by atoms with Crippen LogP contribution >= 0.6 is 7.82 Å². The normalized spacial score (nSPS) is 11.8. The minimum atomic E-state index is -4.64. The number of nitrogens with zero attached hydrogens (tertiary/aromatic N) is 1. The van der Waals surface area contributed by atoms with E-state index in [-0.39, 0.29) is 0 Å². The van der Waals surface area contributed by atoms with Crippen LogP contribution in [0.2, 0.25) is 0 Å². The van der Waals surface area contributed by atoms with Crippen molar-refractivity contribution in [3.05, 3.63) is 12.2 Å². The Morgan fingerprint density at radius 3 is 1.55 bits per heavy atom. The third kappa shape index (κ3) is 37.4. The van der Waals surface area contributed by atoms with E-state index in [9.17, 15) is 0 Å². The van der Waals surface area contributed by atoms with E-state index in [4.69, 9.17) is 19.2 Å². The molecule has 7 heteroatoms. The molecule has 0 aliphatic rings. The fraction of sp³-hybridized carbons (Fsp3) is 0.917. The largest absolute Gasteiger partial charge is 0.466 e. The Morgan fingerprint density at radius 1 is 0.677 bits per heavy atom. The molecule has 6 nitrogen and oxygen atoms in total. The van der Waals surface area contributed by atoms with Gasteiger partial charge in [0.2, 0.25) is 0 Å². The molecule has 0 aromatic heterocycles. The van der Waals surface area contributed by atoms with Crippen molar-refractivity contribution in [1.82, 2.24) is 10.2 Å². The van der Waals surface area contributed by atoms with Crippen molar-refractivity contribution in [3.8, 4) is 0 Å². The van der Waals surface area contributed by atoms with Crippen LogP contribution in [0.4, 0.5) is 0 Å². The summed E-state index contributed by atoms with van der Waals surface area (Å²) in [6.45, 7) is 12.7. The molecule has 0 bridgehead atoms. The Kier molecular flexibility index (Phi) is 27.7. The van der Waals surface area contributed by atoms with Crippen molar-refractivity contribution in [2.45, 2.75) is 111 Å². The average Bonchev–Trinajstić information content (AvgIpc) is 2.71. The average molecular weight is 465 g/mol. The van der Waals surface area contributed by atoms with Gasteiger partial charge in [0.1, 0.15) is 0 Å². The van der Waals surface area contributed by atoms with Gasteiger partial charge >= 0.3 is 7.82 Å². The lowest BCUT2D eigenvalue weighted by atomic mass is 10.1. The Morgan fingerprint density at radius 2 is 1.10 bits per heavy atom. The van der Waals surface area contributed by atoms with E-state index in [2.05, 4.69) is 43.1 Å². The molecule has 0 fully saturated rings. The van der Waals surface area contributed by atoms with Crippen LogP contribution in [0.25, 0.3) is 0 Å². The number of hydrogen-bond donors (Lipinski definition) is 4. The zero-order valence-electron chi connectivity index (χ0n) is 20.7. The van der Waals surface area contributed by atoms with E-state index in [0.717, 1.165) is 6.54 Å². The van der Waals surface area contributed by atoms with E-state index in [1.54, 1.807) is 0 Å². The summed E-state index contributed by atoms with van der Waals surface area (Å²) in [5, 5.41) is 3.58. The van der Waals surface area contributed by atoms with Gasteiger partial charge in [-0.2, -0.15) is 0 Å². The van der Waals surface area contributed by atoms with Crippen molar-refractivity contribution in [3.63, 3.8) is 0 Å². The van der Waals surface area contributed by atoms with Gasteiger partial charge in [-0.25, -0.2) is 4.57 Å². The minimum Gasteiger partial charge on any atom is -0.315 e.